The first-order chi connectivity index (χ1) is 16.3. The van der Waals surface area contributed by atoms with Gasteiger partial charge in [-0.25, -0.2) is 0 Å². The number of allylic oxidation sites excluding steroid dienone is 2. The lowest BCUT2D eigenvalue weighted by atomic mass is 10.1. The summed E-state index contributed by atoms with van der Waals surface area (Å²) >= 11 is 0. The smallest absolute Gasteiger partial charge is 0.320 e. The second kappa shape index (κ2) is 22.1. The first-order valence-electron chi connectivity index (χ1n) is 14.7. The van der Waals surface area contributed by atoms with Gasteiger partial charge in [0, 0.05) is 6.42 Å². The van der Waals surface area contributed by atoms with Gasteiger partial charge in [-0.3, -0.25) is 4.57 Å². The molecule has 0 bridgehead atoms. The molecular formula is C29H61NO3P+. The molecule has 204 valence electrons. The van der Waals surface area contributed by atoms with Crippen LogP contribution in [0.5, 0.6) is 0 Å². The molecule has 1 N–H and O–H groups in total. The molecule has 0 aliphatic heterocycles. The fourth-order valence-electron chi connectivity index (χ4n) is 4.73. The maximum absolute atomic E-state index is 12.5. The summed E-state index contributed by atoms with van der Waals surface area (Å²) < 4.78 is 18.4. The Morgan fingerprint density at radius 2 is 1.06 bits per heavy atom. The number of unbranched alkanes of at least 4 members (excludes halogenated alkanes) is 17. The lowest BCUT2D eigenvalue weighted by molar-refractivity contribution is -0.883. The van der Waals surface area contributed by atoms with Crippen LogP contribution in [-0.2, 0) is 9.09 Å². The Hall–Kier alpha value is -0.150. The van der Waals surface area contributed by atoms with Crippen LogP contribution in [0.15, 0.2) is 12.2 Å². The second-order valence-corrected chi connectivity index (χ2v) is 13.1. The summed E-state index contributed by atoms with van der Waals surface area (Å²) in [6.07, 6.45) is 30.3. The molecule has 0 aromatic heterocycles. The third kappa shape index (κ3) is 20.1. The largest absolute Gasteiger partial charge is 0.385 e. The lowest BCUT2D eigenvalue weighted by Gasteiger charge is -2.35. The molecule has 5 heteroatoms. The van der Waals surface area contributed by atoms with Crippen LogP contribution in [0.3, 0.4) is 0 Å². The van der Waals surface area contributed by atoms with Gasteiger partial charge in [0.15, 0.2) is 5.78 Å². The van der Waals surface area contributed by atoms with Gasteiger partial charge in [-0.1, -0.05) is 116 Å². The molecule has 0 aliphatic carbocycles. The van der Waals surface area contributed by atoms with Crippen molar-refractivity contribution in [1.82, 2.24) is 0 Å². The average molecular weight is 503 g/mol. The van der Waals surface area contributed by atoms with E-state index >= 15 is 0 Å². The number of quaternary nitrogens is 1. The average Bonchev–Trinajstić information content (AvgIpc) is 2.76. The maximum atomic E-state index is 12.5. The van der Waals surface area contributed by atoms with E-state index in [4.69, 9.17) is 4.52 Å². The maximum Gasteiger partial charge on any atom is 0.385 e. The van der Waals surface area contributed by atoms with Crippen molar-refractivity contribution in [2.24, 2.45) is 0 Å². The van der Waals surface area contributed by atoms with Gasteiger partial charge in [0.2, 0.25) is 0 Å². The molecule has 0 aromatic rings. The fourth-order valence-corrected chi connectivity index (χ4v) is 6.63. The van der Waals surface area contributed by atoms with Gasteiger partial charge in [-0.2, -0.15) is 0 Å². The summed E-state index contributed by atoms with van der Waals surface area (Å²) in [4.78, 5) is 10.3. The standard InChI is InChI=1S/C29H60NO3P/c1-6-8-9-10-11-12-13-14-15-16-17-18-19-20-21-22-23-24-25-26-27-28-33-34(31,32)29(7-2)30(3,4)5/h17-18,29H,6-16,19-28H2,1-5H3/p+1. The lowest BCUT2D eigenvalue weighted by Crippen LogP contribution is -2.44. The van der Waals surface area contributed by atoms with Crippen molar-refractivity contribution in [3.05, 3.63) is 12.2 Å². The Kier molecular flexibility index (Phi) is 22.0. The van der Waals surface area contributed by atoms with Crippen LogP contribution in [-0.4, -0.2) is 42.9 Å². The highest BCUT2D eigenvalue weighted by Gasteiger charge is 2.41. The van der Waals surface area contributed by atoms with E-state index in [9.17, 15) is 9.46 Å². The number of hydrogen-bond donors (Lipinski definition) is 1. The zero-order chi connectivity index (χ0) is 25.5. The minimum absolute atomic E-state index is 0.350. The molecular weight excluding hydrogens is 441 g/mol. The first-order valence-corrected chi connectivity index (χ1v) is 16.3. The van der Waals surface area contributed by atoms with Crippen LogP contribution in [0.25, 0.3) is 0 Å². The van der Waals surface area contributed by atoms with E-state index in [1.807, 2.05) is 28.1 Å². The molecule has 0 aliphatic rings. The quantitative estimate of drug-likeness (QED) is 0.0585. The van der Waals surface area contributed by atoms with Crippen molar-refractivity contribution in [3.63, 3.8) is 0 Å². The summed E-state index contributed by atoms with van der Waals surface area (Å²) in [6, 6.07) is 0. The number of hydrogen-bond acceptors (Lipinski definition) is 2. The van der Waals surface area contributed by atoms with Gasteiger partial charge >= 0.3 is 7.60 Å². The number of rotatable bonds is 25. The zero-order valence-electron chi connectivity index (χ0n) is 23.7. The number of nitrogens with zero attached hydrogens (tertiary/aromatic N) is 1. The molecule has 0 aromatic carbocycles. The molecule has 0 saturated heterocycles. The van der Waals surface area contributed by atoms with Crippen molar-refractivity contribution in [2.75, 3.05) is 27.7 Å². The SMILES string of the molecule is CCCCCCCCCCCC=CCCCCCCCCCCOP(=O)(O)C(CC)[N+](C)(C)C. The highest BCUT2D eigenvalue weighted by molar-refractivity contribution is 7.53. The molecule has 4 nitrogen and oxygen atoms in total. The Morgan fingerprint density at radius 3 is 1.44 bits per heavy atom. The van der Waals surface area contributed by atoms with Crippen LogP contribution < -0.4 is 0 Å². The predicted molar refractivity (Wildman–Crippen MR) is 150 cm³/mol. The van der Waals surface area contributed by atoms with Gasteiger partial charge < -0.3 is 13.9 Å². The topological polar surface area (TPSA) is 46.5 Å². The van der Waals surface area contributed by atoms with E-state index in [-0.39, 0.29) is 5.78 Å². The van der Waals surface area contributed by atoms with Gasteiger partial charge in [-0.05, 0) is 32.1 Å². The van der Waals surface area contributed by atoms with E-state index in [0.29, 0.717) is 17.5 Å². The van der Waals surface area contributed by atoms with Crippen molar-refractivity contribution in [2.45, 2.75) is 148 Å². The monoisotopic (exact) mass is 502 g/mol. The van der Waals surface area contributed by atoms with Crippen molar-refractivity contribution in [3.8, 4) is 0 Å². The van der Waals surface area contributed by atoms with E-state index in [0.717, 1.165) is 12.8 Å². The van der Waals surface area contributed by atoms with Crippen molar-refractivity contribution >= 4 is 7.60 Å². The van der Waals surface area contributed by atoms with Crippen LogP contribution in [0.1, 0.15) is 142 Å². The highest BCUT2D eigenvalue weighted by atomic mass is 31.2. The van der Waals surface area contributed by atoms with Crippen LogP contribution >= 0.6 is 7.60 Å². The van der Waals surface area contributed by atoms with E-state index < -0.39 is 7.60 Å². The molecule has 34 heavy (non-hydrogen) atoms. The Labute approximate surface area is 214 Å². The Morgan fingerprint density at radius 1 is 0.676 bits per heavy atom. The van der Waals surface area contributed by atoms with Gasteiger partial charge in [0.25, 0.3) is 0 Å². The summed E-state index contributed by atoms with van der Waals surface area (Å²) in [5.41, 5.74) is 0. The van der Waals surface area contributed by atoms with Crippen molar-refractivity contribution in [1.29, 1.82) is 0 Å². The molecule has 0 heterocycles. The summed E-state index contributed by atoms with van der Waals surface area (Å²) in [5, 5.41) is 0. The molecule has 2 unspecified atom stereocenters. The summed E-state index contributed by atoms with van der Waals surface area (Å²) in [6.45, 7) is 4.64. The predicted octanol–water partition coefficient (Wildman–Crippen LogP) is 9.62. The molecule has 0 fully saturated rings. The molecule has 2 atom stereocenters. The van der Waals surface area contributed by atoms with E-state index in [1.54, 1.807) is 0 Å². The summed E-state index contributed by atoms with van der Waals surface area (Å²) in [5.74, 6) is -0.350. The van der Waals surface area contributed by atoms with Crippen molar-refractivity contribution < 1.29 is 18.5 Å². The van der Waals surface area contributed by atoms with E-state index in [1.165, 1.54) is 109 Å². The Bertz CT molecular complexity index is 516. The van der Waals surface area contributed by atoms with Gasteiger partial charge in [-0.15, -0.1) is 0 Å². The van der Waals surface area contributed by atoms with Crippen LogP contribution in [0.4, 0.5) is 0 Å². The minimum Gasteiger partial charge on any atom is -0.320 e. The third-order valence-electron chi connectivity index (χ3n) is 6.82. The normalized spacial score (nSPS) is 15.1. The van der Waals surface area contributed by atoms with Crippen LogP contribution in [0.2, 0.25) is 0 Å². The van der Waals surface area contributed by atoms with E-state index in [2.05, 4.69) is 19.1 Å². The zero-order valence-corrected chi connectivity index (χ0v) is 24.6. The molecule has 0 radical (unpaired) electrons. The van der Waals surface area contributed by atoms with Crippen LogP contribution in [0, 0.1) is 0 Å². The summed E-state index contributed by atoms with van der Waals surface area (Å²) in [7, 11) is 2.31. The third-order valence-corrected chi connectivity index (χ3v) is 9.18. The minimum atomic E-state index is -3.55. The molecule has 0 spiro atoms. The second-order valence-electron chi connectivity index (χ2n) is 11.1. The fraction of sp³-hybridized carbons (Fsp3) is 0.931. The molecule has 0 amide bonds. The molecule has 0 rings (SSSR count). The first kappa shape index (κ1) is 33.8. The highest BCUT2D eigenvalue weighted by Crippen LogP contribution is 2.51. The Balaban J connectivity index is 3.42. The van der Waals surface area contributed by atoms with Gasteiger partial charge in [0.05, 0.1) is 27.7 Å². The molecule has 0 saturated carbocycles. The van der Waals surface area contributed by atoms with Gasteiger partial charge in [0.1, 0.15) is 0 Å².